The molecule has 1 saturated heterocycles. The van der Waals surface area contributed by atoms with Crippen molar-refractivity contribution in [2.45, 2.75) is 19.4 Å². The number of hydrogen-bond acceptors (Lipinski definition) is 5. The number of aryl methyl sites for hydroxylation is 1. The first-order valence-electron chi connectivity index (χ1n) is 9.14. The second kappa shape index (κ2) is 8.27. The molecule has 1 amide bonds. The zero-order chi connectivity index (χ0) is 20.3. The predicted octanol–water partition coefficient (Wildman–Crippen LogP) is 2.67. The van der Waals surface area contributed by atoms with Crippen LogP contribution in [0.1, 0.15) is 29.7 Å². The van der Waals surface area contributed by atoms with Gasteiger partial charge in [0.1, 0.15) is 11.5 Å². The topological polar surface area (TPSA) is 87.1 Å². The largest absolute Gasteiger partial charge is 0.507 e. The van der Waals surface area contributed by atoms with Gasteiger partial charge in [0.05, 0.1) is 25.3 Å². The van der Waals surface area contributed by atoms with Crippen LogP contribution in [0, 0.1) is 0 Å². The minimum Gasteiger partial charge on any atom is -0.507 e. The summed E-state index contributed by atoms with van der Waals surface area (Å²) in [5.74, 6) is -1.12. The van der Waals surface area contributed by atoms with E-state index in [0.717, 1.165) is 12.0 Å². The highest BCUT2D eigenvalue weighted by atomic mass is 16.5. The van der Waals surface area contributed by atoms with E-state index in [9.17, 15) is 19.8 Å². The molecule has 1 unspecified atom stereocenters. The number of carbonyl (C=O) groups excluding carboxylic acids is 2. The van der Waals surface area contributed by atoms with Gasteiger partial charge in [0.15, 0.2) is 0 Å². The summed E-state index contributed by atoms with van der Waals surface area (Å²) in [6.07, 6.45) is 0.864. The van der Waals surface area contributed by atoms with Crippen LogP contribution in [0.4, 0.5) is 0 Å². The van der Waals surface area contributed by atoms with Crippen molar-refractivity contribution < 1.29 is 24.5 Å². The molecule has 1 fully saturated rings. The number of Topliss-reactive ketones (excluding diaryl/α,β-unsaturated/α-hetero) is 1. The summed E-state index contributed by atoms with van der Waals surface area (Å²) in [6.45, 7) is 1.76. The monoisotopic (exact) mass is 381 g/mol. The van der Waals surface area contributed by atoms with Crippen LogP contribution in [0.15, 0.2) is 54.1 Å². The number of β-amino-alcohol motifs (C(OH)–C–C–N with tert-alkyl or cyclic N) is 1. The highest BCUT2D eigenvalue weighted by Gasteiger charge is 2.45. The zero-order valence-electron chi connectivity index (χ0n) is 15.9. The van der Waals surface area contributed by atoms with Gasteiger partial charge in [0.2, 0.25) is 0 Å². The van der Waals surface area contributed by atoms with E-state index in [1.54, 1.807) is 24.3 Å². The highest BCUT2D eigenvalue weighted by Crippen LogP contribution is 2.39. The first-order chi connectivity index (χ1) is 13.5. The molecule has 1 atom stereocenters. The molecule has 1 aliphatic rings. The Hall–Kier alpha value is -3.12. The van der Waals surface area contributed by atoms with E-state index < -0.39 is 17.7 Å². The number of aliphatic hydroxyl groups excluding tert-OH is 2. The number of carbonyl (C=O) groups is 2. The van der Waals surface area contributed by atoms with Gasteiger partial charge >= 0.3 is 0 Å². The molecule has 6 nitrogen and oxygen atoms in total. The van der Waals surface area contributed by atoms with Gasteiger partial charge in [0, 0.05) is 12.1 Å². The van der Waals surface area contributed by atoms with E-state index in [2.05, 4.69) is 0 Å². The first kappa shape index (κ1) is 19.6. The van der Waals surface area contributed by atoms with Crippen molar-refractivity contribution in [2.75, 3.05) is 20.3 Å². The molecule has 28 heavy (non-hydrogen) atoms. The van der Waals surface area contributed by atoms with Crippen LogP contribution in [0.25, 0.3) is 5.76 Å². The van der Waals surface area contributed by atoms with Gasteiger partial charge in [0.25, 0.3) is 11.7 Å². The van der Waals surface area contributed by atoms with Gasteiger partial charge in [-0.2, -0.15) is 0 Å². The highest BCUT2D eigenvalue weighted by molar-refractivity contribution is 6.46. The van der Waals surface area contributed by atoms with Crippen molar-refractivity contribution in [3.8, 4) is 5.75 Å². The molecule has 1 aliphatic heterocycles. The maximum atomic E-state index is 12.7. The van der Waals surface area contributed by atoms with Gasteiger partial charge in [-0.1, -0.05) is 31.2 Å². The Morgan fingerprint density at radius 1 is 1.07 bits per heavy atom. The van der Waals surface area contributed by atoms with Crippen LogP contribution in [-0.2, 0) is 16.0 Å². The first-order valence-corrected chi connectivity index (χ1v) is 9.14. The van der Waals surface area contributed by atoms with E-state index in [1.165, 1.54) is 12.0 Å². The Morgan fingerprint density at radius 3 is 2.25 bits per heavy atom. The summed E-state index contributed by atoms with van der Waals surface area (Å²) in [7, 11) is 1.54. The number of amides is 1. The van der Waals surface area contributed by atoms with Gasteiger partial charge in [-0.25, -0.2) is 0 Å². The summed E-state index contributed by atoms with van der Waals surface area (Å²) in [6, 6.07) is 13.4. The average Bonchev–Trinajstić information content (AvgIpc) is 2.98. The van der Waals surface area contributed by atoms with E-state index >= 15 is 0 Å². The summed E-state index contributed by atoms with van der Waals surface area (Å²) >= 11 is 0. The van der Waals surface area contributed by atoms with Gasteiger partial charge in [-0.15, -0.1) is 0 Å². The third-order valence-electron chi connectivity index (χ3n) is 4.95. The molecule has 6 heteroatoms. The fraction of sp³-hybridized carbons (Fsp3) is 0.273. The van der Waals surface area contributed by atoms with Crippen LogP contribution in [0.5, 0.6) is 5.75 Å². The lowest BCUT2D eigenvalue weighted by Gasteiger charge is -2.24. The maximum Gasteiger partial charge on any atom is 0.295 e. The predicted molar refractivity (Wildman–Crippen MR) is 105 cm³/mol. The van der Waals surface area contributed by atoms with E-state index in [1.807, 2.05) is 31.2 Å². The normalized spacial score (nSPS) is 18.5. The molecule has 2 N–H and O–H groups in total. The number of rotatable bonds is 6. The van der Waals surface area contributed by atoms with E-state index in [4.69, 9.17) is 4.74 Å². The van der Waals surface area contributed by atoms with Crippen molar-refractivity contribution in [1.82, 2.24) is 4.90 Å². The number of ether oxygens (including phenoxy) is 1. The molecular weight excluding hydrogens is 358 g/mol. The van der Waals surface area contributed by atoms with Crippen molar-refractivity contribution in [2.24, 2.45) is 0 Å². The number of hydrogen-bond donors (Lipinski definition) is 2. The number of aliphatic hydroxyl groups is 2. The van der Waals surface area contributed by atoms with Crippen LogP contribution in [0.3, 0.4) is 0 Å². The number of ketones is 1. The van der Waals surface area contributed by atoms with Crippen molar-refractivity contribution in [3.05, 3.63) is 70.8 Å². The second-order valence-corrected chi connectivity index (χ2v) is 6.54. The Kier molecular flexibility index (Phi) is 5.80. The number of nitrogens with zero attached hydrogens (tertiary/aromatic N) is 1. The van der Waals surface area contributed by atoms with Crippen molar-refractivity contribution in [3.63, 3.8) is 0 Å². The minimum atomic E-state index is -0.758. The van der Waals surface area contributed by atoms with Crippen LogP contribution < -0.4 is 4.74 Å². The fourth-order valence-corrected chi connectivity index (χ4v) is 3.40. The molecule has 2 aromatic rings. The molecular formula is C22H23NO5. The summed E-state index contributed by atoms with van der Waals surface area (Å²) < 4.78 is 5.12. The third-order valence-corrected chi connectivity index (χ3v) is 4.95. The fourth-order valence-electron chi connectivity index (χ4n) is 3.40. The molecule has 0 saturated carbocycles. The number of benzene rings is 2. The molecule has 2 aromatic carbocycles. The van der Waals surface area contributed by atoms with Crippen LogP contribution in [-0.4, -0.2) is 47.1 Å². The number of likely N-dealkylation sites (tertiary alicyclic amines) is 1. The Bertz CT molecular complexity index is 900. The van der Waals surface area contributed by atoms with Gasteiger partial charge in [-0.05, 0) is 41.8 Å². The molecule has 0 aliphatic carbocycles. The molecule has 146 valence electrons. The van der Waals surface area contributed by atoms with E-state index in [-0.39, 0.29) is 24.5 Å². The van der Waals surface area contributed by atoms with Crippen molar-refractivity contribution >= 4 is 17.4 Å². The molecule has 0 spiro atoms. The Morgan fingerprint density at radius 2 is 1.71 bits per heavy atom. The standard InChI is InChI=1S/C22H23NO5/c1-3-14-4-6-15(7-5-14)19-18(21(26)22(27)23(19)12-13-24)20(25)16-8-10-17(28-2)11-9-16/h4-11,19,24-25H,3,12-13H2,1-2H3/b20-18-. The molecule has 0 aromatic heterocycles. The Labute approximate surface area is 163 Å². The van der Waals surface area contributed by atoms with E-state index in [0.29, 0.717) is 16.9 Å². The smallest absolute Gasteiger partial charge is 0.295 e. The van der Waals surface area contributed by atoms with Crippen LogP contribution >= 0.6 is 0 Å². The lowest BCUT2D eigenvalue weighted by molar-refractivity contribution is -0.140. The molecule has 0 bridgehead atoms. The molecule has 1 heterocycles. The average molecular weight is 381 g/mol. The zero-order valence-corrected chi connectivity index (χ0v) is 15.9. The molecule has 0 radical (unpaired) electrons. The SMILES string of the molecule is CCc1ccc(C2/C(=C(/O)c3ccc(OC)cc3)C(=O)C(=O)N2CCO)cc1. The quantitative estimate of drug-likeness (QED) is 0.456. The van der Waals surface area contributed by atoms with Gasteiger partial charge in [-0.3, -0.25) is 9.59 Å². The Balaban J connectivity index is 2.13. The summed E-state index contributed by atoms with van der Waals surface area (Å²) in [5.41, 5.74) is 2.27. The maximum absolute atomic E-state index is 12.7. The minimum absolute atomic E-state index is 0.00413. The number of methoxy groups -OCH3 is 1. The lowest BCUT2D eigenvalue weighted by atomic mass is 9.94. The second-order valence-electron chi connectivity index (χ2n) is 6.54. The summed E-state index contributed by atoms with van der Waals surface area (Å²) in [4.78, 5) is 26.6. The van der Waals surface area contributed by atoms with Gasteiger partial charge < -0.3 is 19.8 Å². The summed E-state index contributed by atoms with van der Waals surface area (Å²) in [5, 5.41) is 20.2. The van der Waals surface area contributed by atoms with Crippen molar-refractivity contribution in [1.29, 1.82) is 0 Å². The third kappa shape index (κ3) is 3.51. The lowest BCUT2D eigenvalue weighted by Crippen LogP contribution is -2.32. The van der Waals surface area contributed by atoms with Crippen LogP contribution in [0.2, 0.25) is 0 Å². The molecule has 3 rings (SSSR count).